The number of ether oxygens (including phenoxy) is 1. The number of halogens is 3. The van der Waals surface area contributed by atoms with E-state index in [1.807, 2.05) is 20.0 Å². The first-order chi connectivity index (χ1) is 16.2. The number of anilines is 2. The first kappa shape index (κ1) is 22.6. The molecule has 0 unspecified atom stereocenters. The molecule has 2 aliphatic heterocycles. The maximum Gasteiger partial charge on any atom is 0.420 e. The molecule has 0 atom stereocenters. The predicted octanol–water partition coefficient (Wildman–Crippen LogP) is 4.60. The lowest BCUT2D eigenvalue weighted by molar-refractivity contribution is -0.137. The van der Waals surface area contributed by atoms with Crippen LogP contribution in [0.2, 0.25) is 0 Å². The van der Waals surface area contributed by atoms with Crippen LogP contribution >= 0.6 is 11.3 Å². The normalized spacial score (nSPS) is 15.9. The Hall–Kier alpha value is -3.18. The van der Waals surface area contributed by atoms with E-state index in [4.69, 9.17) is 4.74 Å². The molecule has 0 fully saturated rings. The van der Waals surface area contributed by atoms with Crippen molar-refractivity contribution in [1.82, 2.24) is 20.2 Å². The molecule has 0 aliphatic carbocycles. The number of nitrogens with one attached hydrogen (secondary N) is 2. The highest BCUT2D eigenvalue weighted by molar-refractivity contribution is 7.17. The Labute approximate surface area is 198 Å². The average molecular weight is 490 g/mol. The Morgan fingerprint density at radius 3 is 2.74 bits per heavy atom. The molecule has 0 bridgehead atoms. The number of alkyl halides is 3. The minimum absolute atomic E-state index is 0.0537. The van der Waals surface area contributed by atoms with Crippen LogP contribution in [0.5, 0.6) is 5.06 Å². The molecule has 2 aromatic heterocycles. The third-order valence-corrected chi connectivity index (χ3v) is 6.88. The van der Waals surface area contributed by atoms with Crippen LogP contribution < -0.4 is 15.4 Å². The minimum atomic E-state index is -4.66. The lowest BCUT2D eigenvalue weighted by atomic mass is 10.0. The van der Waals surface area contributed by atoms with E-state index in [0.717, 1.165) is 48.3 Å². The number of benzene rings is 1. The molecular formula is C23H22F3N5O2S. The van der Waals surface area contributed by atoms with E-state index in [0.29, 0.717) is 6.54 Å². The monoisotopic (exact) mass is 489 g/mol. The zero-order valence-corrected chi connectivity index (χ0v) is 19.4. The summed E-state index contributed by atoms with van der Waals surface area (Å²) in [6.45, 7) is 4.27. The van der Waals surface area contributed by atoms with Crippen molar-refractivity contribution >= 4 is 28.9 Å². The third-order valence-electron chi connectivity index (χ3n) is 5.82. The molecule has 34 heavy (non-hydrogen) atoms. The summed E-state index contributed by atoms with van der Waals surface area (Å²) in [6.07, 6.45) is -3.13. The molecule has 0 saturated heterocycles. The van der Waals surface area contributed by atoms with Crippen molar-refractivity contribution in [1.29, 1.82) is 0 Å². The molecule has 2 aliphatic rings. The molecule has 1 amide bonds. The van der Waals surface area contributed by atoms with E-state index < -0.39 is 11.7 Å². The SMILES string of the molecule is CCc1cc2c(cc1Nc1ncc(C(F)(F)F)c(-c3cc4c(s3)OCCNC4=O)n1)CN(C)C2. The van der Waals surface area contributed by atoms with Gasteiger partial charge in [0.1, 0.15) is 12.2 Å². The van der Waals surface area contributed by atoms with Crippen molar-refractivity contribution in [2.45, 2.75) is 32.6 Å². The van der Waals surface area contributed by atoms with Gasteiger partial charge in [0.25, 0.3) is 5.91 Å². The van der Waals surface area contributed by atoms with Gasteiger partial charge in [-0.25, -0.2) is 9.97 Å². The van der Waals surface area contributed by atoms with Gasteiger partial charge in [0.05, 0.1) is 22.7 Å². The highest BCUT2D eigenvalue weighted by Gasteiger charge is 2.37. The number of aryl methyl sites for hydroxylation is 1. The summed E-state index contributed by atoms with van der Waals surface area (Å²) < 4.78 is 47.0. The number of fused-ring (bicyclic) bond motifs is 2. The maximum atomic E-state index is 13.8. The molecule has 0 spiro atoms. The molecule has 5 rings (SSSR count). The van der Waals surface area contributed by atoms with Crippen molar-refractivity contribution in [3.05, 3.63) is 52.2 Å². The molecule has 3 aromatic rings. The number of rotatable bonds is 4. The van der Waals surface area contributed by atoms with Crippen molar-refractivity contribution < 1.29 is 22.7 Å². The summed E-state index contributed by atoms with van der Waals surface area (Å²) in [7, 11) is 2.04. The standard InChI is InChI=1S/C23H22F3N5O2S/c1-3-12-6-13-10-31(2)11-14(13)7-17(12)29-22-28-9-16(23(24,25)26)19(30-22)18-8-15-20(32)27-4-5-33-21(15)34-18/h6-9H,3-5,10-11H2,1-2H3,(H,27,32)(H,28,29,30). The number of nitrogens with zero attached hydrogens (tertiary/aromatic N) is 3. The van der Waals surface area contributed by atoms with Crippen LogP contribution in [-0.2, 0) is 25.7 Å². The lowest BCUT2D eigenvalue weighted by Gasteiger charge is -2.15. The van der Waals surface area contributed by atoms with Gasteiger partial charge in [-0.05, 0) is 42.3 Å². The number of aromatic nitrogens is 2. The minimum Gasteiger partial charge on any atom is -0.481 e. The fourth-order valence-electron chi connectivity index (χ4n) is 4.20. The van der Waals surface area contributed by atoms with Gasteiger partial charge in [-0.15, -0.1) is 0 Å². The summed E-state index contributed by atoms with van der Waals surface area (Å²) in [5.74, 6) is -0.329. The summed E-state index contributed by atoms with van der Waals surface area (Å²) in [5, 5.41) is 6.07. The number of carbonyl (C=O) groups is 1. The predicted molar refractivity (Wildman–Crippen MR) is 122 cm³/mol. The topological polar surface area (TPSA) is 79.4 Å². The Morgan fingerprint density at radius 1 is 1.24 bits per heavy atom. The summed E-state index contributed by atoms with van der Waals surface area (Å²) in [4.78, 5) is 22.9. The number of hydrogen-bond acceptors (Lipinski definition) is 7. The van der Waals surface area contributed by atoms with Gasteiger partial charge in [0.2, 0.25) is 5.95 Å². The number of carbonyl (C=O) groups excluding carboxylic acids is 1. The molecule has 1 aromatic carbocycles. The van der Waals surface area contributed by atoms with Crippen molar-refractivity contribution in [2.24, 2.45) is 0 Å². The van der Waals surface area contributed by atoms with Crippen LogP contribution in [0.25, 0.3) is 10.6 Å². The van der Waals surface area contributed by atoms with Crippen molar-refractivity contribution in [3.63, 3.8) is 0 Å². The summed E-state index contributed by atoms with van der Waals surface area (Å²) in [5.41, 5.74) is 3.16. The Balaban J connectivity index is 1.56. The van der Waals surface area contributed by atoms with E-state index in [9.17, 15) is 18.0 Å². The first-order valence-corrected chi connectivity index (χ1v) is 11.6. The van der Waals surface area contributed by atoms with Gasteiger partial charge in [-0.3, -0.25) is 9.69 Å². The summed E-state index contributed by atoms with van der Waals surface area (Å²) >= 11 is 0.968. The number of hydrogen-bond donors (Lipinski definition) is 2. The maximum absolute atomic E-state index is 13.8. The summed E-state index contributed by atoms with van der Waals surface area (Å²) in [6, 6.07) is 5.53. The molecular weight excluding hydrogens is 467 g/mol. The Bertz CT molecular complexity index is 1270. The molecule has 0 saturated carbocycles. The molecule has 0 radical (unpaired) electrons. The van der Waals surface area contributed by atoms with Crippen LogP contribution in [0.4, 0.5) is 24.8 Å². The molecule has 4 heterocycles. The Kier molecular flexibility index (Phi) is 5.68. The Morgan fingerprint density at radius 2 is 2.00 bits per heavy atom. The van der Waals surface area contributed by atoms with Crippen molar-refractivity contribution in [3.8, 4) is 15.6 Å². The fourth-order valence-corrected chi connectivity index (χ4v) is 5.23. The third kappa shape index (κ3) is 4.21. The van der Waals surface area contributed by atoms with E-state index in [1.54, 1.807) is 0 Å². The van der Waals surface area contributed by atoms with Gasteiger partial charge in [0, 0.05) is 25.0 Å². The van der Waals surface area contributed by atoms with Crippen LogP contribution in [-0.4, -0.2) is 41.0 Å². The van der Waals surface area contributed by atoms with Crippen LogP contribution in [0, 0.1) is 0 Å². The first-order valence-electron chi connectivity index (χ1n) is 10.8. The van der Waals surface area contributed by atoms with Crippen LogP contribution in [0.3, 0.4) is 0 Å². The van der Waals surface area contributed by atoms with Crippen molar-refractivity contribution in [2.75, 3.05) is 25.5 Å². The van der Waals surface area contributed by atoms with Gasteiger partial charge >= 0.3 is 6.18 Å². The second-order valence-corrected chi connectivity index (χ2v) is 9.31. The largest absolute Gasteiger partial charge is 0.481 e. The quantitative estimate of drug-likeness (QED) is 0.558. The van der Waals surface area contributed by atoms with E-state index in [-0.39, 0.29) is 39.7 Å². The average Bonchev–Trinajstić information content (AvgIpc) is 3.33. The molecule has 2 N–H and O–H groups in total. The number of thiophene rings is 1. The van der Waals surface area contributed by atoms with Gasteiger partial charge < -0.3 is 15.4 Å². The smallest absolute Gasteiger partial charge is 0.420 e. The zero-order chi connectivity index (χ0) is 24.0. The lowest BCUT2D eigenvalue weighted by Crippen LogP contribution is -2.24. The van der Waals surface area contributed by atoms with Gasteiger partial charge in [0.15, 0.2) is 5.06 Å². The van der Waals surface area contributed by atoms with E-state index >= 15 is 0 Å². The van der Waals surface area contributed by atoms with Crippen LogP contribution in [0.15, 0.2) is 24.4 Å². The van der Waals surface area contributed by atoms with Crippen LogP contribution in [0.1, 0.15) is 39.5 Å². The molecule has 11 heteroatoms. The highest BCUT2D eigenvalue weighted by Crippen LogP contribution is 2.43. The van der Waals surface area contributed by atoms with E-state index in [2.05, 4.69) is 31.6 Å². The highest BCUT2D eigenvalue weighted by atomic mass is 32.1. The van der Waals surface area contributed by atoms with E-state index in [1.165, 1.54) is 17.2 Å². The van der Waals surface area contributed by atoms with Gasteiger partial charge in [-0.1, -0.05) is 24.3 Å². The number of amides is 1. The second-order valence-electron chi connectivity index (χ2n) is 8.30. The molecule has 178 valence electrons. The second kappa shape index (κ2) is 8.55. The fraction of sp³-hybridized carbons (Fsp3) is 0.348. The zero-order valence-electron chi connectivity index (χ0n) is 18.5. The van der Waals surface area contributed by atoms with Gasteiger partial charge in [-0.2, -0.15) is 13.2 Å². The molecule has 7 nitrogen and oxygen atoms in total.